The zero-order valence-electron chi connectivity index (χ0n) is 82.9. The van der Waals surface area contributed by atoms with Crippen molar-refractivity contribution in [1.29, 1.82) is 0 Å². The number of rotatable bonds is 26. The molecule has 0 spiro atoms. The first-order valence-corrected chi connectivity index (χ1v) is 47.6. The minimum Gasteiger partial charge on any atom is -0.496 e. The van der Waals surface area contributed by atoms with Crippen LogP contribution in [-0.2, 0) is 12.6 Å². The maximum atomic E-state index is 12.7. The zero-order valence-corrected chi connectivity index (χ0v) is 86.7. The molecule has 8 amide bonds. The number of anilines is 8. The van der Waals surface area contributed by atoms with Crippen LogP contribution in [0.15, 0.2) is 399 Å². The van der Waals surface area contributed by atoms with Gasteiger partial charge in [-0.2, -0.15) is 13.2 Å². The Bertz CT molecular complexity index is 6670. The van der Waals surface area contributed by atoms with E-state index in [0.29, 0.717) is 107 Å². The fourth-order valence-corrected chi connectivity index (χ4v) is 14.0. The van der Waals surface area contributed by atoms with Gasteiger partial charge < -0.3 is 80.4 Å². The maximum Gasteiger partial charge on any atom is 0.416 e. The molecule has 0 fully saturated rings. The Morgan fingerprint density at radius 3 is 0.685 bits per heavy atom. The van der Waals surface area contributed by atoms with E-state index in [2.05, 4.69) is 88.0 Å². The number of Topliss-reactive ketones (excluding diaryl/α,β-unsaturated/α-hetero) is 1. The number of ether oxygens (including phenoxy) is 8. The number of methoxy groups -OCH3 is 8. The van der Waals surface area contributed by atoms with Crippen LogP contribution >= 0.6 is 38.5 Å². The van der Waals surface area contributed by atoms with Gasteiger partial charge in [-0.1, -0.05) is 168 Å². The number of benzene rings is 16. The summed E-state index contributed by atoms with van der Waals surface area (Å²) >= 11 is 5.57. The van der Waals surface area contributed by atoms with E-state index in [1.807, 2.05) is 189 Å². The first-order chi connectivity index (χ1) is 71.9. The molecule has 764 valence electrons. The molecule has 25 nitrogen and oxygen atoms in total. The highest BCUT2D eigenvalue weighted by atomic mass is 127. The maximum absolute atomic E-state index is 12.7. The van der Waals surface area contributed by atoms with Crippen molar-refractivity contribution in [3.05, 3.63) is 475 Å². The number of aryl methyl sites for hydroxylation is 2. The molecule has 16 rings (SSSR count). The highest BCUT2D eigenvalue weighted by Gasteiger charge is 2.30. The number of carbonyl (C=O) groups is 9. The van der Waals surface area contributed by atoms with Crippen molar-refractivity contribution in [2.75, 3.05) is 99.4 Å². The number of amides is 8. The van der Waals surface area contributed by atoms with E-state index >= 15 is 0 Å². The average Bonchev–Trinajstić information content (AvgIpc) is 0.689. The van der Waals surface area contributed by atoms with Gasteiger partial charge >= 0.3 is 6.18 Å². The third-order valence-corrected chi connectivity index (χ3v) is 22.3. The molecule has 0 aliphatic rings. The first kappa shape index (κ1) is 115. The fraction of sp³-hybridized carbons (Fsp3) is 0.110. The largest absolute Gasteiger partial charge is 0.496 e. The summed E-state index contributed by atoms with van der Waals surface area (Å²) in [5.74, 6) is 2.04. The van der Waals surface area contributed by atoms with Crippen LogP contribution in [0.2, 0.25) is 0 Å². The number of carbonyl (C=O) groups excluding carboxylic acids is 9. The van der Waals surface area contributed by atoms with Crippen LogP contribution in [0, 0.1) is 16.3 Å². The van der Waals surface area contributed by atoms with Crippen LogP contribution in [0.4, 0.5) is 63.1 Å². The van der Waals surface area contributed by atoms with Crippen molar-refractivity contribution in [2.24, 2.45) is 0 Å². The second-order valence-corrected chi connectivity index (χ2v) is 33.4. The molecule has 0 aromatic heterocycles. The average molecular weight is 2190 g/mol. The Balaban J connectivity index is 0.000000189. The minimum atomic E-state index is -4.40. The van der Waals surface area contributed by atoms with E-state index in [1.54, 1.807) is 199 Å². The molecule has 0 aliphatic heterocycles. The van der Waals surface area contributed by atoms with E-state index in [4.69, 9.17) is 37.9 Å². The lowest BCUT2D eigenvalue weighted by Crippen LogP contribution is -2.13. The van der Waals surface area contributed by atoms with Crippen LogP contribution in [0.5, 0.6) is 46.0 Å². The van der Waals surface area contributed by atoms with E-state index in [9.17, 15) is 60.7 Å². The first-order valence-electron chi connectivity index (χ1n) is 45.7. The molecule has 31 heteroatoms. The van der Waals surface area contributed by atoms with E-state index in [0.717, 1.165) is 60.6 Å². The van der Waals surface area contributed by atoms with Gasteiger partial charge in [0.2, 0.25) is 0 Å². The summed E-state index contributed by atoms with van der Waals surface area (Å²) in [6, 6.07) is 113. The number of ketones is 1. The molecule has 0 aliphatic carbocycles. The van der Waals surface area contributed by atoms with Gasteiger partial charge in [0.1, 0.15) is 51.8 Å². The summed E-state index contributed by atoms with van der Waals surface area (Å²) in [4.78, 5) is 108. The van der Waals surface area contributed by atoms with Crippen molar-refractivity contribution >= 4 is 137 Å². The quantitative estimate of drug-likeness (QED) is 0.0142. The predicted octanol–water partition coefficient (Wildman–Crippen LogP) is 27.2. The van der Waals surface area contributed by atoms with Crippen molar-refractivity contribution in [2.45, 2.75) is 33.4 Å². The van der Waals surface area contributed by atoms with Gasteiger partial charge in [-0.05, 0) is 303 Å². The Kier molecular flexibility index (Phi) is 46.4. The van der Waals surface area contributed by atoms with Gasteiger partial charge in [-0.15, -0.1) is 0 Å². The van der Waals surface area contributed by atoms with Gasteiger partial charge in [0, 0.05) is 59.1 Å². The lowest BCUT2D eigenvalue weighted by molar-refractivity contribution is -0.137. The molecule has 0 atom stereocenters. The SMILES string of the molecule is CCc1ccc(NC(=O)c2ccccc2OC)cc1.COc1ccccc1C(=O)Nc1ccc(Br)cc1.COc1ccccc1C(=O)Nc1ccc(C(C)=O)cc1.COc1ccccc1C(=O)Nc1ccc(C(F)(F)F)cc1.COc1ccccc1C(=O)Nc1ccc(C)cc1.COc1ccccc1C(=O)Nc1ccc(F)cc1.COc1ccccc1C(=O)Nc1ccc(I)cc1.COc1ccccc1C(=O)Nc1ccccc1. The number of nitrogens with one attached hydrogen (secondary N) is 8. The molecule has 0 unspecified atom stereocenters. The molecule has 149 heavy (non-hydrogen) atoms. The monoisotopic (exact) mass is 2190 g/mol. The van der Waals surface area contributed by atoms with Crippen LogP contribution in [0.1, 0.15) is 124 Å². The number of para-hydroxylation sites is 9. The van der Waals surface area contributed by atoms with Crippen LogP contribution in [0.3, 0.4) is 0 Å². The predicted molar refractivity (Wildman–Crippen MR) is 589 cm³/mol. The molecular formula is C118H108BrF4IN8O17. The molecule has 0 saturated heterocycles. The molecule has 16 aromatic carbocycles. The van der Waals surface area contributed by atoms with Gasteiger partial charge in [0.05, 0.1) is 107 Å². The van der Waals surface area contributed by atoms with Crippen molar-refractivity contribution in [1.82, 2.24) is 0 Å². The Hall–Kier alpha value is -17.7. The highest BCUT2D eigenvalue weighted by molar-refractivity contribution is 14.1. The molecule has 0 radical (unpaired) electrons. The summed E-state index contributed by atoms with van der Waals surface area (Å²) in [5, 5.41) is 22.1. The lowest BCUT2D eigenvalue weighted by Gasteiger charge is -2.10. The molecule has 16 aromatic rings. The number of halogens is 6. The smallest absolute Gasteiger partial charge is 0.416 e. The van der Waals surface area contributed by atoms with Crippen molar-refractivity contribution in [3.63, 3.8) is 0 Å². The number of hydrogen-bond acceptors (Lipinski definition) is 17. The summed E-state index contributed by atoms with van der Waals surface area (Å²) < 4.78 is 93.3. The van der Waals surface area contributed by atoms with Gasteiger partial charge in [-0.25, -0.2) is 4.39 Å². The summed E-state index contributed by atoms with van der Waals surface area (Å²) in [5.41, 5.74) is 11.4. The summed E-state index contributed by atoms with van der Waals surface area (Å²) in [7, 11) is 12.2. The van der Waals surface area contributed by atoms with Crippen molar-refractivity contribution < 1.29 is 98.6 Å². The molecule has 0 heterocycles. The normalized spacial score (nSPS) is 10.0. The standard InChI is InChI=1S/C16H15NO3.C16H17NO2.C15H12F3NO2.C15H15NO2.C14H12BrNO2.C14H12FNO2.C14H12INO2.C14H13NO2/c1-11(18)12-7-9-13(10-8-12)17-16(19)14-5-3-4-6-15(14)20-2;1-3-12-8-10-13(11-9-12)17-16(18)14-6-4-5-7-15(14)19-2;1-21-13-5-3-2-4-12(13)14(20)19-11-8-6-10(7-9-11)15(16,17)18;1-11-7-9-12(10-8-11)16-15(17)13-5-3-4-6-14(13)18-2;3*1-18-13-5-3-2-4-12(13)14(17)16-11-8-6-10(15)7-9-11;1-17-13-10-6-5-9-12(13)14(16)15-11-7-3-2-4-8-11/h3-10H,1-2H3,(H,17,19);4-11H,3H2,1-2H3,(H,17,18);2-9H,1H3,(H,19,20);3-10H,1-2H3,(H,16,17);3*2-9H,1H3,(H,16,17);2-10H,1H3,(H,15,16). The molecule has 8 N–H and O–H groups in total. The lowest BCUT2D eigenvalue weighted by atomic mass is 10.1. The second kappa shape index (κ2) is 60.1. The third-order valence-electron chi connectivity index (χ3n) is 21.1. The Labute approximate surface area is 883 Å². The topological polar surface area (TPSA) is 324 Å². The van der Waals surface area contributed by atoms with Gasteiger partial charge in [0.25, 0.3) is 47.3 Å². The summed E-state index contributed by atoms with van der Waals surface area (Å²) in [6.45, 7) is 5.61. The third kappa shape index (κ3) is 37.1. The van der Waals surface area contributed by atoms with Gasteiger partial charge in [-0.3, -0.25) is 43.2 Å². The molecule has 0 bridgehead atoms. The Morgan fingerprint density at radius 2 is 0.456 bits per heavy atom. The Morgan fingerprint density at radius 1 is 0.262 bits per heavy atom. The van der Waals surface area contributed by atoms with Gasteiger partial charge in [0.15, 0.2) is 5.78 Å². The highest BCUT2D eigenvalue weighted by Crippen LogP contribution is 2.33. The number of alkyl halides is 3. The van der Waals surface area contributed by atoms with Crippen LogP contribution in [-0.4, -0.2) is 110 Å². The fourth-order valence-electron chi connectivity index (χ4n) is 13.4. The second-order valence-electron chi connectivity index (χ2n) is 31.2. The van der Waals surface area contributed by atoms with E-state index in [1.165, 1.54) is 70.2 Å². The minimum absolute atomic E-state index is 0.00685. The number of hydrogen-bond donors (Lipinski definition) is 8. The van der Waals surface area contributed by atoms with Crippen molar-refractivity contribution in [3.8, 4) is 46.0 Å². The molecular weight excluding hydrogens is 2080 g/mol. The molecule has 0 saturated carbocycles. The van der Waals surface area contributed by atoms with Crippen LogP contribution < -0.4 is 80.4 Å². The van der Waals surface area contributed by atoms with Crippen LogP contribution in [0.25, 0.3) is 0 Å². The van der Waals surface area contributed by atoms with E-state index < -0.39 is 17.6 Å². The van der Waals surface area contributed by atoms with E-state index in [-0.39, 0.29) is 58.6 Å². The summed E-state index contributed by atoms with van der Waals surface area (Å²) in [6.07, 6.45) is -3.41. The zero-order chi connectivity index (χ0) is 108.